The molecule has 2 aromatic carbocycles. The molecule has 192 valence electrons. The van der Waals surface area contributed by atoms with Gasteiger partial charge in [-0.1, -0.05) is 43.4 Å². The third-order valence-corrected chi connectivity index (χ3v) is 7.39. The van der Waals surface area contributed by atoms with E-state index in [0.717, 1.165) is 17.7 Å². The molecule has 0 bridgehead atoms. The Balaban J connectivity index is 1.35. The van der Waals surface area contributed by atoms with E-state index in [2.05, 4.69) is 16.2 Å². The zero-order chi connectivity index (χ0) is 26.3. The average molecular weight is 525 g/mol. The molecule has 10 heteroatoms. The normalized spacial score (nSPS) is 20.6. The molecule has 1 aliphatic rings. The average Bonchev–Trinajstić information content (AvgIpc) is 3.40. The monoisotopic (exact) mass is 524 g/mol. The number of benzene rings is 2. The lowest BCUT2D eigenvalue weighted by atomic mass is 9.90. The first-order chi connectivity index (χ1) is 17.9. The Kier molecular flexibility index (Phi) is 8.84. The second kappa shape index (κ2) is 12.3. The Bertz CT molecular complexity index is 1270. The van der Waals surface area contributed by atoms with Crippen molar-refractivity contribution >= 4 is 17.8 Å². The van der Waals surface area contributed by atoms with Gasteiger partial charge in [0.1, 0.15) is 29.9 Å². The van der Waals surface area contributed by atoms with Crippen LogP contribution in [0.4, 0.5) is 8.78 Å². The van der Waals surface area contributed by atoms with Crippen molar-refractivity contribution in [1.29, 1.82) is 5.26 Å². The molecule has 4 rings (SSSR count). The number of halogens is 2. The van der Waals surface area contributed by atoms with Gasteiger partial charge in [0.25, 0.3) is 0 Å². The van der Waals surface area contributed by atoms with Crippen molar-refractivity contribution in [2.45, 2.75) is 35.9 Å². The second-order valence-electron chi connectivity index (χ2n) is 8.55. The number of nitriles is 1. The van der Waals surface area contributed by atoms with E-state index in [9.17, 15) is 13.9 Å². The van der Waals surface area contributed by atoms with E-state index in [1.165, 1.54) is 35.2 Å². The quantitative estimate of drug-likeness (QED) is 0.414. The van der Waals surface area contributed by atoms with E-state index in [1.807, 2.05) is 30.4 Å². The minimum atomic E-state index is -1.69. The first-order valence-electron chi connectivity index (χ1n) is 11.6. The number of hydrogen-bond acceptors (Lipinski definition) is 7. The zero-order valence-electron chi connectivity index (χ0n) is 20.1. The molecule has 37 heavy (non-hydrogen) atoms. The summed E-state index contributed by atoms with van der Waals surface area (Å²) in [7, 11) is 0. The highest BCUT2D eigenvalue weighted by Gasteiger charge is 2.41. The number of aromatic nitrogens is 3. The summed E-state index contributed by atoms with van der Waals surface area (Å²) in [4.78, 5) is 3.89. The summed E-state index contributed by atoms with van der Waals surface area (Å²) in [5.74, 6) is -1.55. The van der Waals surface area contributed by atoms with Crippen molar-refractivity contribution in [2.75, 3.05) is 13.2 Å². The summed E-state index contributed by atoms with van der Waals surface area (Å²) in [5, 5.41) is 23.9. The Hall–Kier alpha value is -3.36. The molecule has 2 heterocycles. The van der Waals surface area contributed by atoms with Crippen molar-refractivity contribution in [3.05, 3.63) is 102 Å². The molecule has 0 saturated carbocycles. The van der Waals surface area contributed by atoms with Gasteiger partial charge in [0.15, 0.2) is 6.29 Å². The molecule has 2 atom stereocenters. The topological polar surface area (TPSA) is 93.2 Å². The fourth-order valence-electron chi connectivity index (χ4n) is 3.92. The van der Waals surface area contributed by atoms with Crippen LogP contribution in [0.1, 0.15) is 23.6 Å². The smallest absolute Gasteiger partial charge is 0.177 e. The van der Waals surface area contributed by atoms with Gasteiger partial charge in [0.2, 0.25) is 0 Å². The summed E-state index contributed by atoms with van der Waals surface area (Å²) in [6, 6.07) is 12.5. The van der Waals surface area contributed by atoms with Crippen molar-refractivity contribution in [1.82, 2.24) is 14.8 Å². The molecular weight excluding hydrogens is 498 g/mol. The van der Waals surface area contributed by atoms with E-state index in [0.29, 0.717) is 18.8 Å². The molecule has 1 unspecified atom stereocenters. The highest BCUT2D eigenvalue weighted by atomic mass is 32.2. The summed E-state index contributed by atoms with van der Waals surface area (Å²) in [6.45, 7) is 2.46. The van der Waals surface area contributed by atoms with Crippen LogP contribution in [0, 0.1) is 23.0 Å². The Labute approximate surface area is 218 Å². The number of rotatable bonds is 9. The fourth-order valence-corrected chi connectivity index (χ4v) is 5.23. The number of nitrogens with zero attached hydrogens (tertiary/aromatic N) is 4. The van der Waals surface area contributed by atoms with E-state index in [4.69, 9.17) is 14.7 Å². The standard InChI is InChI=1S/C27H26F2N4O3S/c1-19(27(34,16-33-18-31-17-32-33)24-11-10-22(28)12-25(24)29)37-23-14-35-26(36-15-23)5-3-2-4-20-6-8-21(13-30)9-7-20/h2-12,17-19,23,26,34H,14-16H2,1H3/b4-2+,5-3+/t19?,23?,26?,27-/m1/s1. The van der Waals surface area contributed by atoms with Crippen molar-refractivity contribution < 1.29 is 23.4 Å². The van der Waals surface area contributed by atoms with Gasteiger partial charge in [0.05, 0.1) is 36.6 Å². The highest BCUT2D eigenvalue weighted by molar-refractivity contribution is 8.00. The maximum atomic E-state index is 14.7. The van der Waals surface area contributed by atoms with Crippen LogP contribution in [0.15, 0.2) is 73.3 Å². The van der Waals surface area contributed by atoms with Crippen LogP contribution in [-0.4, -0.2) is 49.9 Å². The molecular formula is C27H26F2N4O3S. The maximum absolute atomic E-state index is 14.7. The van der Waals surface area contributed by atoms with Crippen LogP contribution in [0.5, 0.6) is 0 Å². The molecule has 1 fully saturated rings. The largest absolute Gasteiger partial charge is 0.382 e. The maximum Gasteiger partial charge on any atom is 0.177 e. The summed E-state index contributed by atoms with van der Waals surface area (Å²) < 4.78 is 41.3. The van der Waals surface area contributed by atoms with Gasteiger partial charge >= 0.3 is 0 Å². The van der Waals surface area contributed by atoms with Gasteiger partial charge in [-0.2, -0.15) is 10.4 Å². The first kappa shape index (κ1) is 26.7. The number of aliphatic hydroxyl groups is 1. The van der Waals surface area contributed by atoms with Gasteiger partial charge in [0, 0.05) is 16.9 Å². The van der Waals surface area contributed by atoms with Gasteiger partial charge in [-0.3, -0.25) is 0 Å². The third kappa shape index (κ3) is 6.90. The van der Waals surface area contributed by atoms with Crippen molar-refractivity contribution in [3.63, 3.8) is 0 Å². The zero-order valence-corrected chi connectivity index (χ0v) is 20.9. The summed E-state index contributed by atoms with van der Waals surface area (Å²) in [5.41, 5.74) is -0.131. The van der Waals surface area contributed by atoms with Gasteiger partial charge < -0.3 is 14.6 Å². The first-order valence-corrected chi connectivity index (χ1v) is 12.6. The molecule has 7 nitrogen and oxygen atoms in total. The number of thioether (sulfide) groups is 1. The number of hydrogen-bond donors (Lipinski definition) is 1. The SMILES string of the molecule is CC(SC1COC(/C=C/C=C/c2ccc(C#N)cc2)OC1)[C@](O)(Cn1cncn1)c1ccc(F)cc1F. The summed E-state index contributed by atoms with van der Waals surface area (Å²) >= 11 is 1.40. The predicted molar refractivity (Wildman–Crippen MR) is 136 cm³/mol. The van der Waals surface area contributed by atoms with E-state index in [-0.39, 0.29) is 17.4 Å². The van der Waals surface area contributed by atoms with Gasteiger partial charge in [-0.15, -0.1) is 11.8 Å². The molecule has 0 spiro atoms. The van der Waals surface area contributed by atoms with Crippen LogP contribution >= 0.6 is 11.8 Å². The Morgan fingerprint density at radius 1 is 1.22 bits per heavy atom. The second-order valence-corrected chi connectivity index (χ2v) is 10.2. The summed E-state index contributed by atoms with van der Waals surface area (Å²) in [6.07, 6.45) is 9.64. The lowest BCUT2D eigenvalue weighted by molar-refractivity contribution is -0.146. The van der Waals surface area contributed by atoms with E-state index >= 15 is 0 Å². The lowest BCUT2D eigenvalue weighted by Gasteiger charge is -2.37. The highest BCUT2D eigenvalue weighted by Crippen LogP contribution is 2.38. The third-order valence-electron chi connectivity index (χ3n) is 5.94. The van der Waals surface area contributed by atoms with Crippen LogP contribution in [0.3, 0.4) is 0 Å². The van der Waals surface area contributed by atoms with Crippen molar-refractivity contribution in [3.8, 4) is 6.07 Å². The van der Waals surface area contributed by atoms with Crippen LogP contribution in [0.25, 0.3) is 6.08 Å². The molecule has 1 N–H and O–H groups in total. The Morgan fingerprint density at radius 3 is 2.62 bits per heavy atom. The number of ether oxygens (including phenoxy) is 2. The molecule has 3 aromatic rings. The minimum Gasteiger partial charge on any atom is -0.382 e. The lowest BCUT2D eigenvalue weighted by Crippen LogP contribution is -2.43. The van der Waals surface area contributed by atoms with E-state index < -0.39 is 28.8 Å². The van der Waals surface area contributed by atoms with Crippen molar-refractivity contribution in [2.24, 2.45) is 0 Å². The molecule has 1 aromatic heterocycles. The van der Waals surface area contributed by atoms with Crippen LogP contribution in [-0.2, 0) is 21.6 Å². The Morgan fingerprint density at radius 2 is 1.97 bits per heavy atom. The molecule has 0 aliphatic carbocycles. The molecule has 0 radical (unpaired) electrons. The predicted octanol–water partition coefficient (Wildman–Crippen LogP) is 4.45. The number of allylic oxidation sites excluding steroid dienone is 2. The molecule has 1 aliphatic heterocycles. The van der Waals surface area contributed by atoms with Crippen LogP contribution in [0.2, 0.25) is 0 Å². The molecule has 0 amide bonds. The minimum absolute atomic E-state index is 0.0168. The van der Waals surface area contributed by atoms with Crippen LogP contribution < -0.4 is 0 Å². The van der Waals surface area contributed by atoms with Gasteiger partial charge in [-0.05, 0) is 29.8 Å². The molecule has 1 saturated heterocycles. The van der Waals surface area contributed by atoms with Gasteiger partial charge in [-0.25, -0.2) is 18.4 Å². The van der Waals surface area contributed by atoms with E-state index in [1.54, 1.807) is 25.1 Å². The fraction of sp³-hybridized carbons (Fsp3) is 0.296.